The average molecular weight is 266 g/mol. The third kappa shape index (κ3) is 3.86. The molecule has 1 aromatic rings. The predicted molar refractivity (Wildman–Crippen MR) is 74.4 cm³/mol. The van der Waals surface area contributed by atoms with Crippen LogP contribution in [-0.4, -0.2) is 43.2 Å². The molecule has 2 N–H and O–H groups in total. The van der Waals surface area contributed by atoms with Crippen LogP contribution in [-0.2, 0) is 4.79 Å². The number of phenolic OH excluding ortho intramolecular Hbond substituents is 1. The zero-order valence-electron chi connectivity index (χ0n) is 11.9. The van der Waals surface area contributed by atoms with Gasteiger partial charge in [-0.3, -0.25) is 9.69 Å². The number of nitrogens with zero attached hydrogens (tertiary/aromatic N) is 1. The topological polar surface area (TPSA) is 61.8 Å². The minimum atomic E-state index is -0.0480. The van der Waals surface area contributed by atoms with Crippen LogP contribution in [0.5, 0.6) is 11.5 Å². The van der Waals surface area contributed by atoms with Crippen molar-refractivity contribution >= 4 is 5.91 Å². The van der Waals surface area contributed by atoms with Gasteiger partial charge in [-0.1, -0.05) is 13.0 Å². The van der Waals surface area contributed by atoms with E-state index in [1.165, 1.54) is 0 Å². The Bertz CT molecular complexity index is 435. The molecule has 0 fully saturated rings. The molecule has 0 heterocycles. The van der Waals surface area contributed by atoms with E-state index in [0.29, 0.717) is 12.3 Å². The molecular weight excluding hydrogens is 244 g/mol. The van der Waals surface area contributed by atoms with Crippen molar-refractivity contribution in [3.8, 4) is 11.5 Å². The summed E-state index contributed by atoms with van der Waals surface area (Å²) in [5.41, 5.74) is 0.784. The predicted octanol–water partition coefficient (Wildman–Crippen LogP) is 1.53. The van der Waals surface area contributed by atoms with Gasteiger partial charge in [-0.2, -0.15) is 0 Å². The van der Waals surface area contributed by atoms with E-state index in [4.69, 9.17) is 4.74 Å². The van der Waals surface area contributed by atoms with Gasteiger partial charge < -0.3 is 15.2 Å². The first-order chi connectivity index (χ1) is 9.03. The van der Waals surface area contributed by atoms with Gasteiger partial charge in [-0.15, -0.1) is 0 Å². The minimum absolute atomic E-state index is 0.0401. The molecule has 1 amide bonds. The molecule has 1 rings (SSSR count). The second-order valence-corrected chi connectivity index (χ2v) is 4.34. The molecule has 0 saturated heterocycles. The Balaban J connectivity index is 2.90. The lowest BCUT2D eigenvalue weighted by molar-refractivity contribution is -0.122. The quantitative estimate of drug-likeness (QED) is 0.819. The maximum absolute atomic E-state index is 11.5. The number of ether oxygens (including phenoxy) is 1. The lowest BCUT2D eigenvalue weighted by atomic mass is 10.1. The summed E-state index contributed by atoms with van der Waals surface area (Å²) >= 11 is 0. The molecule has 0 radical (unpaired) electrons. The standard InChI is InChI=1S/C14H22N2O3/c1-5-16(9-14(18)15-3)10(2)12-7-6-11(19-4)8-13(12)17/h6-8,10,17H,5,9H2,1-4H3,(H,15,18). The Morgan fingerprint density at radius 3 is 2.68 bits per heavy atom. The molecule has 106 valence electrons. The highest BCUT2D eigenvalue weighted by molar-refractivity contribution is 5.77. The van der Waals surface area contributed by atoms with Gasteiger partial charge in [0.2, 0.25) is 5.91 Å². The first-order valence-corrected chi connectivity index (χ1v) is 6.35. The molecule has 19 heavy (non-hydrogen) atoms. The molecular formula is C14H22N2O3. The van der Waals surface area contributed by atoms with E-state index in [1.54, 1.807) is 26.3 Å². The van der Waals surface area contributed by atoms with Crippen molar-refractivity contribution in [2.75, 3.05) is 27.2 Å². The molecule has 0 saturated carbocycles. The third-order valence-electron chi connectivity index (χ3n) is 3.27. The SMILES string of the molecule is CCN(CC(=O)NC)C(C)c1ccc(OC)cc1O. The maximum atomic E-state index is 11.5. The minimum Gasteiger partial charge on any atom is -0.507 e. The fourth-order valence-electron chi connectivity index (χ4n) is 1.99. The summed E-state index contributed by atoms with van der Waals surface area (Å²) in [5, 5.41) is 12.6. The van der Waals surface area contributed by atoms with Crippen LogP contribution in [0.25, 0.3) is 0 Å². The van der Waals surface area contributed by atoms with Crippen LogP contribution >= 0.6 is 0 Å². The summed E-state index contributed by atoms with van der Waals surface area (Å²) in [4.78, 5) is 13.5. The summed E-state index contributed by atoms with van der Waals surface area (Å²) in [7, 11) is 3.17. The Kier molecular flexibility index (Phi) is 5.63. The number of benzene rings is 1. The normalized spacial score (nSPS) is 12.3. The highest BCUT2D eigenvalue weighted by atomic mass is 16.5. The molecule has 1 aromatic carbocycles. The van der Waals surface area contributed by atoms with Crippen molar-refractivity contribution in [2.45, 2.75) is 19.9 Å². The number of methoxy groups -OCH3 is 1. The Labute approximate surface area is 114 Å². The van der Waals surface area contributed by atoms with Gasteiger partial charge in [-0.05, 0) is 19.5 Å². The number of aromatic hydroxyl groups is 1. The number of amides is 1. The fraction of sp³-hybridized carbons (Fsp3) is 0.500. The third-order valence-corrected chi connectivity index (χ3v) is 3.27. The largest absolute Gasteiger partial charge is 0.507 e. The Morgan fingerprint density at radius 2 is 2.21 bits per heavy atom. The van der Waals surface area contributed by atoms with Gasteiger partial charge in [0.25, 0.3) is 0 Å². The summed E-state index contributed by atoms with van der Waals surface area (Å²) < 4.78 is 5.06. The van der Waals surface area contributed by atoms with Crippen LogP contribution < -0.4 is 10.1 Å². The molecule has 5 heteroatoms. The second kappa shape index (κ2) is 6.99. The Morgan fingerprint density at radius 1 is 1.53 bits per heavy atom. The first kappa shape index (κ1) is 15.3. The van der Waals surface area contributed by atoms with E-state index in [2.05, 4.69) is 5.32 Å². The van der Waals surface area contributed by atoms with Gasteiger partial charge in [0.15, 0.2) is 0 Å². The van der Waals surface area contributed by atoms with Crippen LogP contribution in [0.2, 0.25) is 0 Å². The zero-order valence-corrected chi connectivity index (χ0v) is 11.9. The number of likely N-dealkylation sites (N-methyl/N-ethyl adjacent to an activating group) is 2. The van der Waals surface area contributed by atoms with Gasteiger partial charge >= 0.3 is 0 Å². The van der Waals surface area contributed by atoms with E-state index in [1.807, 2.05) is 24.8 Å². The molecule has 5 nitrogen and oxygen atoms in total. The monoisotopic (exact) mass is 266 g/mol. The average Bonchev–Trinajstić information content (AvgIpc) is 2.43. The second-order valence-electron chi connectivity index (χ2n) is 4.34. The van der Waals surface area contributed by atoms with Gasteiger partial charge in [-0.25, -0.2) is 0 Å². The number of nitrogens with one attached hydrogen (secondary N) is 1. The smallest absolute Gasteiger partial charge is 0.233 e. The number of carbonyl (C=O) groups is 1. The van der Waals surface area contributed by atoms with Crippen LogP contribution in [0, 0.1) is 0 Å². The van der Waals surface area contributed by atoms with Crippen LogP contribution in [0.15, 0.2) is 18.2 Å². The number of rotatable bonds is 6. The van der Waals surface area contributed by atoms with E-state index >= 15 is 0 Å². The molecule has 0 spiro atoms. The highest BCUT2D eigenvalue weighted by Crippen LogP contribution is 2.31. The fourth-order valence-corrected chi connectivity index (χ4v) is 1.99. The van der Waals surface area contributed by atoms with Crippen molar-refractivity contribution in [3.05, 3.63) is 23.8 Å². The van der Waals surface area contributed by atoms with Gasteiger partial charge in [0.05, 0.1) is 13.7 Å². The van der Waals surface area contributed by atoms with Crippen molar-refractivity contribution < 1.29 is 14.6 Å². The lowest BCUT2D eigenvalue weighted by Crippen LogP contribution is -2.37. The summed E-state index contributed by atoms with van der Waals surface area (Å²) in [6.45, 7) is 4.98. The maximum Gasteiger partial charge on any atom is 0.233 e. The summed E-state index contributed by atoms with van der Waals surface area (Å²) in [5.74, 6) is 0.756. The van der Waals surface area contributed by atoms with Crippen molar-refractivity contribution in [2.24, 2.45) is 0 Å². The van der Waals surface area contributed by atoms with Crippen molar-refractivity contribution in [1.82, 2.24) is 10.2 Å². The molecule has 0 aromatic heterocycles. The summed E-state index contributed by atoms with van der Waals surface area (Å²) in [6.07, 6.45) is 0. The molecule has 0 aliphatic heterocycles. The van der Waals surface area contributed by atoms with Crippen LogP contribution in [0.3, 0.4) is 0 Å². The Hall–Kier alpha value is -1.75. The number of carbonyl (C=O) groups excluding carboxylic acids is 1. The van der Waals surface area contributed by atoms with Crippen molar-refractivity contribution in [1.29, 1.82) is 0 Å². The molecule has 1 unspecified atom stereocenters. The number of hydrogen-bond donors (Lipinski definition) is 2. The van der Waals surface area contributed by atoms with Crippen LogP contribution in [0.1, 0.15) is 25.5 Å². The van der Waals surface area contributed by atoms with Gasteiger partial charge in [0.1, 0.15) is 11.5 Å². The molecule has 0 bridgehead atoms. The lowest BCUT2D eigenvalue weighted by Gasteiger charge is -2.27. The van der Waals surface area contributed by atoms with E-state index in [-0.39, 0.29) is 17.7 Å². The summed E-state index contributed by atoms with van der Waals surface area (Å²) in [6, 6.07) is 5.16. The van der Waals surface area contributed by atoms with E-state index in [9.17, 15) is 9.90 Å². The first-order valence-electron chi connectivity index (χ1n) is 6.35. The van der Waals surface area contributed by atoms with E-state index in [0.717, 1.165) is 12.1 Å². The zero-order chi connectivity index (χ0) is 14.4. The molecule has 1 atom stereocenters. The van der Waals surface area contributed by atoms with Crippen molar-refractivity contribution in [3.63, 3.8) is 0 Å². The number of phenols is 1. The van der Waals surface area contributed by atoms with Crippen LogP contribution in [0.4, 0.5) is 0 Å². The highest BCUT2D eigenvalue weighted by Gasteiger charge is 2.19. The number of hydrogen-bond acceptors (Lipinski definition) is 4. The van der Waals surface area contributed by atoms with Gasteiger partial charge in [0, 0.05) is 24.7 Å². The molecule has 0 aliphatic carbocycles. The van der Waals surface area contributed by atoms with E-state index < -0.39 is 0 Å². The molecule has 0 aliphatic rings.